The van der Waals surface area contributed by atoms with Gasteiger partial charge in [0.25, 0.3) is 0 Å². The Morgan fingerprint density at radius 3 is 2.52 bits per heavy atom. The molecule has 1 rings (SSSR count). The largest absolute Gasteiger partial charge is 0.396 e. The Kier molecular flexibility index (Phi) is 6.33. The molecule has 2 atom stereocenters. The predicted molar refractivity (Wildman–Crippen MR) is 89.2 cm³/mol. The van der Waals surface area contributed by atoms with Crippen molar-refractivity contribution in [3.8, 4) is 0 Å². The lowest BCUT2D eigenvalue weighted by Crippen LogP contribution is -2.31. The molecule has 21 heavy (non-hydrogen) atoms. The van der Waals surface area contributed by atoms with Gasteiger partial charge in [-0.2, -0.15) is 11.8 Å². The lowest BCUT2D eigenvalue weighted by atomic mass is 10.2. The highest BCUT2D eigenvalue weighted by Gasteiger charge is 2.23. The van der Waals surface area contributed by atoms with Crippen molar-refractivity contribution in [3.05, 3.63) is 18.2 Å². The summed E-state index contributed by atoms with van der Waals surface area (Å²) in [5.74, 6) is 0. The molecule has 0 saturated carbocycles. The van der Waals surface area contributed by atoms with Crippen molar-refractivity contribution in [1.29, 1.82) is 0 Å². The minimum absolute atomic E-state index is 0.00138. The van der Waals surface area contributed by atoms with Gasteiger partial charge >= 0.3 is 0 Å². The molecule has 120 valence electrons. The Hall–Kier alpha value is -0.960. The first-order valence-electron chi connectivity index (χ1n) is 6.46. The molecule has 0 aromatic heterocycles. The summed E-state index contributed by atoms with van der Waals surface area (Å²) in [5.41, 5.74) is 6.75. The van der Waals surface area contributed by atoms with Crippen LogP contribution >= 0.6 is 11.8 Å². The van der Waals surface area contributed by atoms with Crippen LogP contribution in [0.2, 0.25) is 0 Å². The van der Waals surface area contributed by atoms with Crippen LogP contribution in [0.1, 0.15) is 6.92 Å². The van der Waals surface area contributed by atoms with E-state index in [2.05, 4.69) is 5.32 Å². The van der Waals surface area contributed by atoms with Gasteiger partial charge in [0.05, 0.1) is 18.0 Å². The van der Waals surface area contributed by atoms with Crippen molar-refractivity contribution in [2.45, 2.75) is 23.1 Å². The molecule has 0 aliphatic rings. The molecule has 0 bridgehead atoms. The summed E-state index contributed by atoms with van der Waals surface area (Å²) < 4.78 is 25.6. The Labute approximate surface area is 130 Å². The number of nitrogens with one attached hydrogen (secondary N) is 1. The highest BCUT2D eigenvalue weighted by atomic mass is 32.2. The van der Waals surface area contributed by atoms with Gasteiger partial charge in [-0.1, -0.05) is 6.07 Å². The minimum Gasteiger partial charge on any atom is -0.396 e. The smallest absolute Gasteiger partial charge is 0.244 e. The number of hydrogen-bond acceptors (Lipinski definition) is 6. The third kappa shape index (κ3) is 4.03. The maximum absolute atomic E-state index is 12.2. The fraction of sp³-hybridized carbons (Fsp3) is 0.538. The number of nitrogens with zero attached hydrogens (tertiary/aromatic N) is 1. The fourth-order valence-corrected chi connectivity index (χ4v) is 3.52. The normalized spacial score (nSPS) is 15.0. The maximum Gasteiger partial charge on any atom is 0.244 e. The Morgan fingerprint density at radius 2 is 2.05 bits per heavy atom. The maximum atomic E-state index is 12.2. The number of thioether (sulfide) groups is 1. The van der Waals surface area contributed by atoms with E-state index in [0.717, 1.165) is 4.31 Å². The highest BCUT2D eigenvalue weighted by Crippen LogP contribution is 2.29. The second kappa shape index (κ2) is 7.35. The van der Waals surface area contributed by atoms with Crippen LogP contribution in [-0.4, -0.2) is 56.1 Å². The highest BCUT2D eigenvalue weighted by molar-refractivity contribution is 7.99. The summed E-state index contributed by atoms with van der Waals surface area (Å²) in [5, 5.41) is 12.5. The van der Waals surface area contributed by atoms with Gasteiger partial charge in [-0.3, -0.25) is 0 Å². The molecule has 0 fully saturated rings. The molecule has 1 aromatic rings. The molecule has 0 aliphatic carbocycles. The topological polar surface area (TPSA) is 95.7 Å². The van der Waals surface area contributed by atoms with Crippen LogP contribution in [0.25, 0.3) is 0 Å². The van der Waals surface area contributed by atoms with Crippen molar-refractivity contribution < 1.29 is 13.5 Å². The SMILES string of the molecule is CSC(CO)C(C)Nc1cccc(S(=O)(=O)N(C)C)c1N. The molecule has 1 aromatic carbocycles. The van der Waals surface area contributed by atoms with E-state index in [4.69, 9.17) is 5.73 Å². The number of anilines is 2. The molecular weight excluding hydrogens is 310 g/mol. The van der Waals surface area contributed by atoms with Crippen LogP contribution in [0.3, 0.4) is 0 Å². The average molecular weight is 333 g/mol. The number of aliphatic hydroxyl groups is 1. The van der Waals surface area contributed by atoms with Gasteiger partial charge in [-0.25, -0.2) is 12.7 Å². The van der Waals surface area contributed by atoms with E-state index in [1.165, 1.54) is 31.9 Å². The lowest BCUT2D eigenvalue weighted by molar-refractivity contribution is 0.288. The third-order valence-corrected chi connectivity index (χ3v) is 6.28. The van der Waals surface area contributed by atoms with E-state index in [9.17, 15) is 13.5 Å². The second-order valence-corrected chi connectivity index (χ2v) is 8.09. The number of benzene rings is 1. The summed E-state index contributed by atoms with van der Waals surface area (Å²) in [4.78, 5) is 0.0781. The quantitative estimate of drug-likeness (QED) is 0.645. The van der Waals surface area contributed by atoms with E-state index < -0.39 is 10.0 Å². The van der Waals surface area contributed by atoms with Gasteiger partial charge in [0.2, 0.25) is 10.0 Å². The first-order valence-corrected chi connectivity index (χ1v) is 9.19. The molecule has 0 heterocycles. The number of nitrogens with two attached hydrogens (primary N) is 1. The minimum atomic E-state index is -3.58. The Morgan fingerprint density at radius 1 is 1.43 bits per heavy atom. The zero-order chi connectivity index (χ0) is 16.2. The summed E-state index contributed by atoms with van der Waals surface area (Å²) in [7, 11) is -0.653. The first kappa shape index (κ1) is 18.1. The van der Waals surface area contributed by atoms with Crippen LogP contribution in [0.5, 0.6) is 0 Å². The van der Waals surface area contributed by atoms with Gasteiger partial charge in [0, 0.05) is 25.4 Å². The predicted octanol–water partition coefficient (Wildman–Crippen LogP) is 1.04. The Balaban J connectivity index is 3.13. The zero-order valence-electron chi connectivity index (χ0n) is 12.7. The number of sulfonamides is 1. The van der Waals surface area contributed by atoms with Crippen molar-refractivity contribution >= 4 is 33.2 Å². The monoisotopic (exact) mass is 333 g/mol. The van der Waals surface area contributed by atoms with E-state index >= 15 is 0 Å². The third-order valence-electron chi connectivity index (χ3n) is 3.25. The van der Waals surface area contributed by atoms with Crippen LogP contribution in [0.15, 0.2) is 23.1 Å². The molecule has 6 nitrogen and oxygen atoms in total. The van der Waals surface area contributed by atoms with Crippen LogP contribution in [0, 0.1) is 0 Å². The van der Waals surface area contributed by atoms with Gasteiger partial charge in [-0.05, 0) is 25.3 Å². The van der Waals surface area contributed by atoms with Crippen LogP contribution < -0.4 is 11.1 Å². The Bertz CT molecular complexity index is 572. The molecule has 2 unspecified atom stereocenters. The van der Waals surface area contributed by atoms with Gasteiger partial charge in [-0.15, -0.1) is 0 Å². The molecule has 4 N–H and O–H groups in total. The summed E-state index contributed by atoms with van der Waals surface area (Å²) in [6.07, 6.45) is 1.91. The molecule has 0 radical (unpaired) electrons. The molecule has 0 amide bonds. The van der Waals surface area contributed by atoms with Crippen molar-refractivity contribution in [1.82, 2.24) is 4.31 Å². The number of aliphatic hydroxyl groups excluding tert-OH is 1. The zero-order valence-corrected chi connectivity index (χ0v) is 14.3. The van der Waals surface area contributed by atoms with E-state index in [1.807, 2.05) is 13.2 Å². The average Bonchev–Trinajstić information content (AvgIpc) is 2.42. The molecule has 0 aliphatic heterocycles. The second-order valence-electron chi connectivity index (χ2n) is 4.89. The summed E-state index contributed by atoms with van der Waals surface area (Å²) in [6.45, 7) is 1.95. The van der Waals surface area contributed by atoms with Crippen molar-refractivity contribution in [2.75, 3.05) is 38.0 Å². The van der Waals surface area contributed by atoms with E-state index in [0.29, 0.717) is 5.69 Å². The van der Waals surface area contributed by atoms with Crippen molar-refractivity contribution in [2.24, 2.45) is 0 Å². The van der Waals surface area contributed by atoms with Gasteiger partial charge < -0.3 is 16.2 Å². The number of para-hydroxylation sites is 1. The fourth-order valence-electron chi connectivity index (χ4n) is 1.87. The molecular formula is C13H23N3O3S2. The van der Waals surface area contributed by atoms with Crippen LogP contribution in [-0.2, 0) is 10.0 Å². The van der Waals surface area contributed by atoms with Crippen LogP contribution in [0.4, 0.5) is 11.4 Å². The number of nitrogen functional groups attached to an aromatic ring is 1. The summed E-state index contributed by atoms with van der Waals surface area (Å²) >= 11 is 1.54. The van der Waals surface area contributed by atoms with Gasteiger partial charge in [0.1, 0.15) is 4.90 Å². The standard InChI is InChI=1S/C13H23N3O3S2/c1-9(11(8-17)20-4)15-10-6-5-7-12(13(10)14)21(18,19)16(2)3/h5-7,9,11,15,17H,8,14H2,1-4H3. The van der Waals surface area contributed by atoms with Crippen molar-refractivity contribution in [3.63, 3.8) is 0 Å². The molecule has 8 heteroatoms. The molecule has 0 spiro atoms. The summed E-state index contributed by atoms with van der Waals surface area (Å²) in [6, 6.07) is 4.81. The van der Waals surface area contributed by atoms with Gasteiger partial charge in [0.15, 0.2) is 0 Å². The number of hydrogen-bond donors (Lipinski definition) is 3. The first-order chi connectivity index (χ1) is 9.75. The molecule has 0 saturated heterocycles. The number of rotatable bonds is 7. The van der Waals surface area contributed by atoms with E-state index in [1.54, 1.807) is 12.1 Å². The van der Waals surface area contributed by atoms with E-state index in [-0.39, 0.29) is 28.5 Å². The lowest BCUT2D eigenvalue weighted by Gasteiger charge is -2.24.